The Morgan fingerprint density at radius 3 is 2.58 bits per heavy atom. The Kier molecular flexibility index (Phi) is 8.09. The molecule has 1 fully saturated rings. The van der Waals surface area contributed by atoms with E-state index in [9.17, 15) is 14.9 Å². The molecule has 2 aliphatic carbocycles. The van der Waals surface area contributed by atoms with Crippen LogP contribution in [0.4, 0.5) is 5.69 Å². The van der Waals surface area contributed by atoms with Crippen molar-refractivity contribution in [2.75, 3.05) is 5.32 Å². The van der Waals surface area contributed by atoms with E-state index < -0.39 is 0 Å². The van der Waals surface area contributed by atoms with Crippen molar-refractivity contribution in [3.05, 3.63) is 76.4 Å². The number of aryl methyl sites for hydroxylation is 2. The van der Waals surface area contributed by atoms with E-state index in [1.165, 1.54) is 16.7 Å². The number of ketones is 1. The summed E-state index contributed by atoms with van der Waals surface area (Å²) in [6.45, 7) is 10.5. The summed E-state index contributed by atoms with van der Waals surface area (Å²) in [4.78, 5) is 26.3. The predicted octanol–water partition coefficient (Wildman–Crippen LogP) is 6.74. The first-order chi connectivity index (χ1) is 17.3. The molecule has 2 aliphatic rings. The van der Waals surface area contributed by atoms with Crippen LogP contribution < -0.4 is 5.32 Å². The molecular weight excluding hydrogens is 444 g/mol. The molecule has 0 heterocycles. The van der Waals surface area contributed by atoms with E-state index in [0.717, 1.165) is 56.1 Å². The molecule has 1 amide bonds. The quantitative estimate of drug-likeness (QED) is 0.491. The van der Waals surface area contributed by atoms with Crippen molar-refractivity contribution in [2.24, 2.45) is 23.7 Å². The van der Waals surface area contributed by atoms with Crippen molar-refractivity contribution in [1.82, 2.24) is 0 Å². The van der Waals surface area contributed by atoms with Crippen molar-refractivity contribution >= 4 is 17.4 Å². The average Bonchev–Trinajstić information content (AvgIpc) is 2.93. The van der Waals surface area contributed by atoms with Gasteiger partial charge in [-0.15, -0.1) is 0 Å². The summed E-state index contributed by atoms with van der Waals surface area (Å²) in [6, 6.07) is 14.2. The number of hydrogen-bond acceptors (Lipinski definition) is 3. The van der Waals surface area contributed by atoms with Crippen LogP contribution in [0.2, 0.25) is 0 Å². The molecule has 4 heteroatoms. The third kappa shape index (κ3) is 5.46. The van der Waals surface area contributed by atoms with Crippen LogP contribution in [0.3, 0.4) is 0 Å². The Morgan fingerprint density at radius 2 is 1.89 bits per heavy atom. The number of hydrogen-bond donors (Lipinski definition) is 1. The second-order valence-electron chi connectivity index (χ2n) is 10.8. The maximum Gasteiger partial charge on any atom is 0.227 e. The third-order valence-electron chi connectivity index (χ3n) is 8.67. The fourth-order valence-electron chi connectivity index (χ4n) is 6.45. The van der Waals surface area contributed by atoms with E-state index in [-0.39, 0.29) is 23.5 Å². The number of nitriles is 1. The molecule has 0 aliphatic heterocycles. The highest BCUT2D eigenvalue weighted by Gasteiger charge is 2.36. The van der Waals surface area contributed by atoms with Gasteiger partial charge in [0.1, 0.15) is 0 Å². The molecule has 0 spiro atoms. The van der Waals surface area contributed by atoms with Crippen molar-refractivity contribution < 1.29 is 9.59 Å². The van der Waals surface area contributed by atoms with Gasteiger partial charge in [0, 0.05) is 23.9 Å². The zero-order chi connectivity index (χ0) is 25.8. The van der Waals surface area contributed by atoms with Crippen LogP contribution in [-0.4, -0.2) is 11.7 Å². The molecule has 1 saturated carbocycles. The molecular formula is C32H38N2O2. The number of carbonyl (C=O) groups excluding carboxylic acids is 2. The van der Waals surface area contributed by atoms with Crippen LogP contribution in [0.1, 0.15) is 73.8 Å². The first kappa shape index (κ1) is 25.9. The molecule has 2 unspecified atom stereocenters. The van der Waals surface area contributed by atoms with Crippen molar-refractivity contribution in [3.8, 4) is 6.07 Å². The van der Waals surface area contributed by atoms with Gasteiger partial charge in [0.15, 0.2) is 5.78 Å². The van der Waals surface area contributed by atoms with Gasteiger partial charge in [-0.1, -0.05) is 44.7 Å². The summed E-state index contributed by atoms with van der Waals surface area (Å²) in [5.74, 6) is 0.932. The zero-order valence-corrected chi connectivity index (χ0v) is 21.9. The Bertz CT molecular complexity index is 1200. The number of anilines is 1. The van der Waals surface area contributed by atoms with Gasteiger partial charge in [0.25, 0.3) is 0 Å². The zero-order valence-electron chi connectivity index (χ0n) is 21.9. The van der Waals surface area contributed by atoms with E-state index in [2.05, 4.69) is 50.0 Å². The largest absolute Gasteiger partial charge is 0.326 e. The van der Waals surface area contributed by atoms with Crippen molar-refractivity contribution in [3.63, 3.8) is 0 Å². The lowest BCUT2D eigenvalue weighted by atomic mass is 9.68. The lowest BCUT2D eigenvalue weighted by molar-refractivity contribution is -0.123. The van der Waals surface area contributed by atoms with Crippen molar-refractivity contribution in [1.29, 1.82) is 5.26 Å². The van der Waals surface area contributed by atoms with Crippen LogP contribution in [0.25, 0.3) is 0 Å². The number of nitrogens with zero attached hydrogens (tertiary/aromatic N) is 1. The van der Waals surface area contributed by atoms with Crippen molar-refractivity contribution in [2.45, 2.75) is 72.1 Å². The minimum absolute atomic E-state index is 0.0297. The molecule has 1 N–H and O–H groups in total. The standard InChI is InChI=1S/C32H38N2O2/c1-5-23-13-14-28(18-27(23)19-33)34-32(36)25-11-9-24(10-12-25)30-16-15-29-20(2)7-6-8-26(29)17-21(3)31(35)22(30)4/h6-8,13-14,18,22,24-25,30H,3,5,9-12,15-17H2,1-2,4H3,(H,34,36). The normalized spacial score (nSPS) is 24.6. The highest BCUT2D eigenvalue weighted by molar-refractivity contribution is 5.97. The Balaban J connectivity index is 1.43. The van der Waals surface area contributed by atoms with Gasteiger partial charge in [-0.3, -0.25) is 9.59 Å². The van der Waals surface area contributed by atoms with Gasteiger partial charge in [-0.25, -0.2) is 0 Å². The summed E-state index contributed by atoms with van der Waals surface area (Å²) in [7, 11) is 0. The van der Waals surface area contributed by atoms with E-state index >= 15 is 0 Å². The predicted molar refractivity (Wildman–Crippen MR) is 145 cm³/mol. The first-order valence-corrected chi connectivity index (χ1v) is 13.5. The highest BCUT2D eigenvalue weighted by atomic mass is 16.2. The molecule has 0 saturated heterocycles. The van der Waals surface area contributed by atoms with E-state index in [0.29, 0.717) is 29.5 Å². The van der Waals surface area contributed by atoms with Crippen LogP contribution >= 0.6 is 0 Å². The SMILES string of the molecule is C=C1Cc2cccc(C)c2CCC(C2CCC(C(=O)Nc3ccc(CC)c(C#N)c3)CC2)C(C)C1=O. The fourth-order valence-corrected chi connectivity index (χ4v) is 6.45. The molecule has 4 nitrogen and oxygen atoms in total. The lowest BCUT2D eigenvalue weighted by Crippen LogP contribution is -2.34. The number of allylic oxidation sites excluding steroid dienone is 1. The summed E-state index contributed by atoms with van der Waals surface area (Å²) in [6.07, 6.45) is 7.03. The lowest BCUT2D eigenvalue weighted by Gasteiger charge is -2.36. The molecule has 0 aromatic heterocycles. The van der Waals surface area contributed by atoms with Gasteiger partial charge in [-0.2, -0.15) is 5.26 Å². The Labute approximate surface area is 215 Å². The summed E-state index contributed by atoms with van der Waals surface area (Å²) < 4.78 is 0. The number of amides is 1. The monoisotopic (exact) mass is 482 g/mol. The number of carbonyl (C=O) groups is 2. The number of Topliss-reactive ketones (excluding diaryl/α,β-unsaturated/α-hetero) is 1. The van der Waals surface area contributed by atoms with Crippen LogP contribution in [0.15, 0.2) is 48.6 Å². The van der Waals surface area contributed by atoms with Gasteiger partial charge < -0.3 is 5.32 Å². The minimum Gasteiger partial charge on any atom is -0.326 e. The molecule has 0 bridgehead atoms. The summed E-state index contributed by atoms with van der Waals surface area (Å²) in [5, 5.41) is 12.4. The molecule has 0 radical (unpaired) electrons. The molecule has 2 atom stereocenters. The second kappa shape index (κ2) is 11.2. The maximum atomic E-state index is 13.3. The third-order valence-corrected chi connectivity index (χ3v) is 8.67. The van der Waals surface area contributed by atoms with Crippen LogP contribution in [-0.2, 0) is 28.9 Å². The van der Waals surface area contributed by atoms with Gasteiger partial charge in [0.05, 0.1) is 11.6 Å². The topological polar surface area (TPSA) is 70.0 Å². The number of fused-ring (bicyclic) bond motifs is 1. The molecule has 2 aromatic rings. The first-order valence-electron chi connectivity index (χ1n) is 13.5. The summed E-state index contributed by atoms with van der Waals surface area (Å²) >= 11 is 0. The maximum absolute atomic E-state index is 13.3. The molecule has 4 rings (SSSR count). The number of nitrogens with one attached hydrogen (secondary N) is 1. The van der Waals surface area contributed by atoms with Gasteiger partial charge in [-0.05, 0) is 104 Å². The molecule has 36 heavy (non-hydrogen) atoms. The van der Waals surface area contributed by atoms with E-state index in [1.54, 1.807) is 6.07 Å². The van der Waals surface area contributed by atoms with E-state index in [1.807, 2.05) is 19.1 Å². The Morgan fingerprint density at radius 1 is 1.14 bits per heavy atom. The average molecular weight is 483 g/mol. The van der Waals surface area contributed by atoms with Crippen LogP contribution in [0, 0.1) is 41.9 Å². The number of benzene rings is 2. The minimum atomic E-state index is -0.0380. The van der Waals surface area contributed by atoms with E-state index in [4.69, 9.17) is 0 Å². The summed E-state index contributed by atoms with van der Waals surface area (Å²) in [5.41, 5.74) is 6.95. The number of rotatable bonds is 4. The highest BCUT2D eigenvalue weighted by Crippen LogP contribution is 2.41. The second-order valence-corrected chi connectivity index (χ2v) is 10.8. The van der Waals surface area contributed by atoms with Gasteiger partial charge >= 0.3 is 0 Å². The Hall–Kier alpha value is -3.19. The smallest absolute Gasteiger partial charge is 0.227 e. The van der Waals surface area contributed by atoms with Gasteiger partial charge in [0.2, 0.25) is 5.91 Å². The molecule has 188 valence electrons. The van der Waals surface area contributed by atoms with Crippen LogP contribution in [0.5, 0.6) is 0 Å². The molecule has 2 aromatic carbocycles. The fraction of sp³-hybridized carbons (Fsp3) is 0.469.